The number of alkyl halides is 1. The molecule has 2 nitrogen and oxygen atoms in total. The molecule has 18 heavy (non-hydrogen) atoms. The van der Waals surface area contributed by atoms with E-state index in [1.807, 2.05) is 26.0 Å². The number of aryl methyl sites for hydroxylation is 2. The monoisotopic (exact) mass is 267 g/mol. The van der Waals surface area contributed by atoms with Gasteiger partial charge in [0.1, 0.15) is 0 Å². The summed E-state index contributed by atoms with van der Waals surface area (Å²) in [6.45, 7) is 6.84. The van der Waals surface area contributed by atoms with E-state index in [0.29, 0.717) is 18.3 Å². The second kappa shape index (κ2) is 7.42. The molecule has 100 valence electrons. The van der Waals surface area contributed by atoms with Crippen LogP contribution in [0.2, 0.25) is 0 Å². The number of halogens is 1. The van der Waals surface area contributed by atoms with Gasteiger partial charge in [-0.2, -0.15) is 0 Å². The third kappa shape index (κ3) is 4.69. The molecule has 1 aromatic carbocycles. The van der Waals surface area contributed by atoms with Crippen molar-refractivity contribution in [1.29, 1.82) is 0 Å². The van der Waals surface area contributed by atoms with Crippen molar-refractivity contribution < 1.29 is 4.79 Å². The molecule has 1 amide bonds. The topological polar surface area (TPSA) is 29.1 Å². The van der Waals surface area contributed by atoms with Crippen LogP contribution < -0.4 is 5.32 Å². The number of benzene rings is 1. The summed E-state index contributed by atoms with van der Waals surface area (Å²) < 4.78 is 0. The van der Waals surface area contributed by atoms with Gasteiger partial charge in [0.2, 0.25) is 0 Å². The summed E-state index contributed by atoms with van der Waals surface area (Å²) in [4.78, 5) is 12.0. The van der Waals surface area contributed by atoms with E-state index in [0.717, 1.165) is 29.5 Å². The Labute approximate surface area is 115 Å². The van der Waals surface area contributed by atoms with E-state index in [-0.39, 0.29) is 5.91 Å². The van der Waals surface area contributed by atoms with Crippen molar-refractivity contribution in [3.8, 4) is 0 Å². The van der Waals surface area contributed by atoms with Gasteiger partial charge in [0.15, 0.2) is 0 Å². The third-order valence-electron chi connectivity index (χ3n) is 3.13. The van der Waals surface area contributed by atoms with E-state index < -0.39 is 0 Å². The van der Waals surface area contributed by atoms with E-state index in [1.54, 1.807) is 0 Å². The Kier molecular flexibility index (Phi) is 6.20. The number of carbonyl (C=O) groups is 1. The Balaban J connectivity index is 2.59. The average molecular weight is 268 g/mol. The molecule has 0 heterocycles. The SMILES string of the molecule is CCC(CCCl)CNC(=O)c1cc(C)cc(C)c1. The third-order valence-corrected chi connectivity index (χ3v) is 3.35. The fourth-order valence-electron chi connectivity index (χ4n) is 2.05. The van der Waals surface area contributed by atoms with Gasteiger partial charge in [0, 0.05) is 18.0 Å². The van der Waals surface area contributed by atoms with Gasteiger partial charge in [-0.3, -0.25) is 4.79 Å². The second-order valence-electron chi connectivity index (χ2n) is 4.84. The number of nitrogens with one attached hydrogen (secondary N) is 1. The average Bonchev–Trinajstić information content (AvgIpc) is 2.32. The van der Waals surface area contributed by atoms with Crippen molar-refractivity contribution >= 4 is 17.5 Å². The molecule has 1 rings (SSSR count). The maximum Gasteiger partial charge on any atom is 0.251 e. The molecular weight excluding hydrogens is 246 g/mol. The first kappa shape index (κ1) is 15.0. The molecule has 3 heteroatoms. The molecule has 0 spiro atoms. The van der Waals surface area contributed by atoms with E-state index in [9.17, 15) is 4.79 Å². The highest BCUT2D eigenvalue weighted by atomic mass is 35.5. The lowest BCUT2D eigenvalue weighted by atomic mass is 10.0. The summed E-state index contributed by atoms with van der Waals surface area (Å²) in [6.07, 6.45) is 1.99. The molecule has 0 fully saturated rings. The zero-order chi connectivity index (χ0) is 13.5. The van der Waals surface area contributed by atoms with Crippen LogP contribution in [0.5, 0.6) is 0 Å². The zero-order valence-corrected chi connectivity index (χ0v) is 12.2. The predicted molar refractivity (Wildman–Crippen MR) is 77.4 cm³/mol. The summed E-state index contributed by atoms with van der Waals surface area (Å²) >= 11 is 5.74. The summed E-state index contributed by atoms with van der Waals surface area (Å²) in [5, 5.41) is 2.99. The highest BCUT2D eigenvalue weighted by Crippen LogP contribution is 2.11. The van der Waals surface area contributed by atoms with Crippen LogP contribution in [0.25, 0.3) is 0 Å². The van der Waals surface area contributed by atoms with Crippen LogP contribution in [0.1, 0.15) is 41.3 Å². The molecule has 1 aromatic rings. The molecule has 1 N–H and O–H groups in total. The molecule has 0 bridgehead atoms. The Bertz CT molecular complexity index is 383. The van der Waals surface area contributed by atoms with Gasteiger partial charge >= 0.3 is 0 Å². The highest BCUT2D eigenvalue weighted by Gasteiger charge is 2.10. The van der Waals surface area contributed by atoms with Crippen molar-refractivity contribution in [2.75, 3.05) is 12.4 Å². The molecule has 0 aromatic heterocycles. The first-order valence-corrected chi connectivity index (χ1v) is 7.02. The van der Waals surface area contributed by atoms with Crippen molar-refractivity contribution in [3.05, 3.63) is 34.9 Å². The number of hydrogen-bond acceptors (Lipinski definition) is 1. The Morgan fingerprint density at radius 3 is 2.39 bits per heavy atom. The first-order chi connectivity index (χ1) is 8.56. The van der Waals surface area contributed by atoms with Crippen LogP contribution in [0.3, 0.4) is 0 Å². The highest BCUT2D eigenvalue weighted by molar-refractivity contribution is 6.17. The van der Waals surface area contributed by atoms with E-state index in [4.69, 9.17) is 11.6 Å². The number of amides is 1. The van der Waals surface area contributed by atoms with Crippen LogP contribution in [-0.4, -0.2) is 18.3 Å². The van der Waals surface area contributed by atoms with Crippen LogP contribution in [0.4, 0.5) is 0 Å². The van der Waals surface area contributed by atoms with Gasteiger partial charge in [0.25, 0.3) is 5.91 Å². The molecular formula is C15H22ClNO. The first-order valence-electron chi connectivity index (χ1n) is 6.49. The van der Waals surface area contributed by atoms with Crippen molar-refractivity contribution in [2.45, 2.75) is 33.6 Å². The summed E-state index contributed by atoms with van der Waals surface area (Å²) in [7, 11) is 0. The van der Waals surface area contributed by atoms with E-state index in [2.05, 4.69) is 18.3 Å². The van der Waals surface area contributed by atoms with Crippen LogP contribution in [0, 0.1) is 19.8 Å². The molecule has 0 aliphatic rings. The van der Waals surface area contributed by atoms with Gasteiger partial charge in [-0.05, 0) is 38.3 Å². The quantitative estimate of drug-likeness (QED) is 0.783. The molecule has 0 saturated heterocycles. The van der Waals surface area contributed by atoms with Gasteiger partial charge in [-0.15, -0.1) is 11.6 Å². The van der Waals surface area contributed by atoms with E-state index in [1.165, 1.54) is 0 Å². The predicted octanol–water partition coefficient (Wildman–Crippen LogP) is 3.69. The van der Waals surface area contributed by atoms with Gasteiger partial charge in [-0.1, -0.05) is 30.5 Å². The van der Waals surface area contributed by atoms with Gasteiger partial charge < -0.3 is 5.32 Å². The summed E-state index contributed by atoms with van der Waals surface area (Å²) in [5.74, 6) is 1.13. The summed E-state index contributed by atoms with van der Waals surface area (Å²) in [6, 6.07) is 5.91. The van der Waals surface area contributed by atoms with Crippen LogP contribution >= 0.6 is 11.6 Å². The molecule has 1 unspecified atom stereocenters. The van der Waals surface area contributed by atoms with Crippen LogP contribution in [0.15, 0.2) is 18.2 Å². The van der Waals surface area contributed by atoms with Crippen molar-refractivity contribution in [2.24, 2.45) is 5.92 Å². The molecule has 1 atom stereocenters. The lowest BCUT2D eigenvalue weighted by Gasteiger charge is -2.14. The molecule has 0 saturated carbocycles. The minimum absolute atomic E-state index is 0.00909. The lowest BCUT2D eigenvalue weighted by Crippen LogP contribution is -2.29. The van der Waals surface area contributed by atoms with Gasteiger partial charge in [-0.25, -0.2) is 0 Å². The maximum atomic E-state index is 12.0. The Hall–Kier alpha value is -1.02. The Morgan fingerprint density at radius 1 is 1.28 bits per heavy atom. The van der Waals surface area contributed by atoms with E-state index >= 15 is 0 Å². The largest absolute Gasteiger partial charge is 0.352 e. The number of carbonyl (C=O) groups excluding carboxylic acids is 1. The fraction of sp³-hybridized carbons (Fsp3) is 0.533. The Morgan fingerprint density at radius 2 is 1.89 bits per heavy atom. The normalized spacial score (nSPS) is 12.2. The smallest absolute Gasteiger partial charge is 0.251 e. The molecule has 0 aliphatic carbocycles. The van der Waals surface area contributed by atoms with Crippen molar-refractivity contribution in [1.82, 2.24) is 5.32 Å². The number of hydrogen-bond donors (Lipinski definition) is 1. The lowest BCUT2D eigenvalue weighted by molar-refractivity contribution is 0.0946. The minimum Gasteiger partial charge on any atom is -0.352 e. The van der Waals surface area contributed by atoms with Crippen molar-refractivity contribution in [3.63, 3.8) is 0 Å². The molecule has 0 aliphatic heterocycles. The zero-order valence-electron chi connectivity index (χ0n) is 11.4. The summed E-state index contributed by atoms with van der Waals surface area (Å²) in [5.41, 5.74) is 2.98. The maximum absolute atomic E-state index is 12.0. The standard InChI is InChI=1S/C15H22ClNO/c1-4-13(5-6-16)10-17-15(18)14-8-11(2)7-12(3)9-14/h7-9,13H,4-6,10H2,1-3H3,(H,17,18). The fourth-order valence-corrected chi connectivity index (χ4v) is 2.36. The number of rotatable bonds is 6. The van der Waals surface area contributed by atoms with Crippen LogP contribution in [-0.2, 0) is 0 Å². The second-order valence-corrected chi connectivity index (χ2v) is 5.22. The van der Waals surface area contributed by atoms with Gasteiger partial charge in [0.05, 0.1) is 0 Å². The molecule has 0 radical (unpaired) electrons. The minimum atomic E-state index is 0.00909.